The molecule has 0 saturated carbocycles. The fourth-order valence-corrected chi connectivity index (χ4v) is 2.89. The lowest BCUT2D eigenvalue weighted by Gasteiger charge is -2.00. The van der Waals surface area contributed by atoms with Gasteiger partial charge in [0.25, 0.3) is 0 Å². The second-order valence-electron chi connectivity index (χ2n) is 5.76. The topological polar surface area (TPSA) is 8.81 Å². The van der Waals surface area contributed by atoms with Crippen LogP contribution in [0.1, 0.15) is 71.1 Å². The molecule has 0 amide bonds. The first kappa shape index (κ1) is 17.7. The van der Waals surface area contributed by atoms with Crippen LogP contribution in [0.25, 0.3) is 0 Å². The SMILES string of the molecule is CCCCn1cc[n+](CCCCCCCCCCBr)c1. The third-order valence-corrected chi connectivity index (χ3v) is 4.38. The Morgan fingerprint density at radius 1 is 0.900 bits per heavy atom. The standard InChI is InChI=1S/C17H32BrN2/c1-2-3-13-19-15-16-20(17-19)14-11-9-7-5-4-6-8-10-12-18/h15-17H,2-14H2,1H3/q+1. The monoisotopic (exact) mass is 343 g/mol. The van der Waals surface area contributed by atoms with E-state index in [2.05, 4.69) is 50.7 Å². The Kier molecular flexibility index (Phi) is 11.0. The summed E-state index contributed by atoms with van der Waals surface area (Å²) in [6.45, 7) is 4.60. The summed E-state index contributed by atoms with van der Waals surface area (Å²) in [7, 11) is 0. The quantitative estimate of drug-likeness (QED) is 0.268. The number of halogens is 1. The summed E-state index contributed by atoms with van der Waals surface area (Å²) in [6.07, 6.45) is 20.3. The van der Waals surface area contributed by atoms with Gasteiger partial charge >= 0.3 is 0 Å². The van der Waals surface area contributed by atoms with Gasteiger partial charge in [0.05, 0.1) is 13.1 Å². The second kappa shape index (κ2) is 12.4. The fourth-order valence-electron chi connectivity index (χ4n) is 2.49. The molecule has 1 rings (SSSR count). The molecule has 0 N–H and O–H groups in total. The summed E-state index contributed by atoms with van der Waals surface area (Å²) >= 11 is 3.49. The number of rotatable bonds is 13. The highest BCUT2D eigenvalue weighted by atomic mass is 79.9. The van der Waals surface area contributed by atoms with E-state index in [0.717, 1.165) is 6.54 Å². The summed E-state index contributed by atoms with van der Waals surface area (Å²) < 4.78 is 4.65. The predicted octanol–water partition coefficient (Wildman–Crippen LogP) is 5.09. The van der Waals surface area contributed by atoms with Crippen LogP contribution in [0.5, 0.6) is 0 Å². The molecule has 0 spiro atoms. The molecule has 0 radical (unpaired) electrons. The Morgan fingerprint density at radius 3 is 2.20 bits per heavy atom. The second-order valence-corrected chi connectivity index (χ2v) is 6.55. The molecule has 2 nitrogen and oxygen atoms in total. The summed E-state index contributed by atoms with van der Waals surface area (Å²) in [5, 5.41) is 1.17. The van der Waals surface area contributed by atoms with Crippen LogP contribution < -0.4 is 4.57 Å². The van der Waals surface area contributed by atoms with Crippen molar-refractivity contribution in [2.75, 3.05) is 5.33 Å². The first-order chi connectivity index (χ1) is 9.86. The third kappa shape index (κ3) is 8.78. The van der Waals surface area contributed by atoms with E-state index in [4.69, 9.17) is 0 Å². The molecular formula is C17H32BrN2+. The fraction of sp³-hybridized carbons (Fsp3) is 0.824. The molecule has 0 bridgehead atoms. The summed E-state index contributed by atoms with van der Waals surface area (Å²) in [6, 6.07) is 0. The van der Waals surface area contributed by atoms with E-state index in [-0.39, 0.29) is 0 Å². The maximum absolute atomic E-state index is 3.49. The number of nitrogens with zero attached hydrogens (tertiary/aromatic N) is 2. The van der Waals surface area contributed by atoms with Crippen molar-refractivity contribution in [2.45, 2.75) is 84.2 Å². The van der Waals surface area contributed by atoms with Gasteiger partial charge in [0, 0.05) is 5.33 Å². The molecule has 0 atom stereocenters. The highest BCUT2D eigenvalue weighted by Gasteiger charge is 2.02. The van der Waals surface area contributed by atoms with Crippen molar-refractivity contribution in [3.05, 3.63) is 18.7 Å². The van der Waals surface area contributed by atoms with Crippen molar-refractivity contribution in [2.24, 2.45) is 0 Å². The van der Waals surface area contributed by atoms with Gasteiger partial charge in [-0.1, -0.05) is 61.4 Å². The first-order valence-corrected chi connectivity index (χ1v) is 9.59. The smallest absolute Gasteiger partial charge is 0.237 e. The van der Waals surface area contributed by atoms with Gasteiger partial charge in [-0.15, -0.1) is 0 Å². The van der Waals surface area contributed by atoms with Crippen molar-refractivity contribution in [1.29, 1.82) is 0 Å². The Labute approximate surface area is 133 Å². The van der Waals surface area contributed by atoms with E-state index < -0.39 is 0 Å². The van der Waals surface area contributed by atoms with Crippen LogP contribution in [0.15, 0.2) is 18.7 Å². The average Bonchev–Trinajstić information content (AvgIpc) is 2.91. The third-order valence-electron chi connectivity index (χ3n) is 3.82. The van der Waals surface area contributed by atoms with E-state index in [1.165, 1.54) is 76.1 Å². The highest BCUT2D eigenvalue weighted by Crippen LogP contribution is 2.09. The normalized spacial score (nSPS) is 11.1. The zero-order valence-electron chi connectivity index (χ0n) is 13.2. The van der Waals surface area contributed by atoms with Gasteiger partial charge in [-0.25, -0.2) is 9.13 Å². The molecular weight excluding hydrogens is 312 g/mol. The zero-order chi connectivity index (χ0) is 14.5. The number of hydrogen-bond acceptors (Lipinski definition) is 0. The van der Waals surface area contributed by atoms with Crippen LogP contribution in [0.2, 0.25) is 0 Å². The van der Waals surface area contributed by atoms with Crippen LogP contribution >= 0.6 is 15.9 Å². The number of unbranched alkanes of at least 4 members (excludes halogenated alkanes) is 8. The Balaban J connectivity index is 1.94. The summed E-state index contributed by atoms with van der Waals surface area (Å²) in [4.78, 5) is 0. The summed E-state index contributed by atoms with van der Waals surface area (Å²) in [5.74, 6) is 0. The molecule has 20 heavy (non-hydrogen) atoms. The lowest BCUT2D eigenvalue weighted by atomic mass is 10.1. The van der Waals surface area contributed by atoms with Crippen molar-refractivity contribution < 1.29 is 4.57 Å². The van der Waals surface area contributed by atoms with Gasteiger partial charge in [-0.3, -0.25) is 0 Å². The highest BCUT2D eigenvalue weighted by molar-refractivity contribution is 9.09. The Hall–Kier alpha value is -0.310. The van der Waals surface area contributed by atoms with Gasteiger partial charge in [-0.2, -0.15) is 0 Å². The van der Waals surface area contributed by atoms with Crippen molar-refractivity contribution in [3.8, 4) is 0 Å². The van der Waals surface area contributed by atoms with Crippen molar-refractivity contribution >= 4 is 15.9 Å². The van der Waals surface area contributed by atoms with Crippen LogP contribution in [-0.2, 0) is 13.1 Å². The first-order valence-electron chi connectivity index (χ1n) is 8.47. The molecule has 1 aromatic rings. The number of hydrogen-bond donors (Lipinski definition) is 0. The maximum Gasteiger partial charge on any atom is 0.243 e. The number of imidazole rings is 1. The van der Waals surface area contributed by atoms with E-state index in [0.29, 0.717) is 0 Å². The molecule has 0 aliphatic carbocycles. The molecule has 116 valence electrons. The van der Waals surface area contributed by atoms with Crippen LogP contribution in [0, 0.1) is 0 Å². The van der Waals surface area contributed by atoms with Crippen LogP contribution in [-0.4, -0.2) is 9.90 Å². The molecule has 0 saturated heterocycles. The zero-order valence-corrected chi connectivity index (χ0v) is 14.8. The van der Waals surface area contributed by atoms with Crippen LogP contribution in [0.4, 0.5) is 0 Å². The molecule has 0 aliphatic heterocycles. The molecule has 0 fully saturated rings. The van der Waals surface area contributed by atoms with Crippen molar-refractivity contribution in [1.82, 2.24) is 4.57 Å². The minimum Gasteiger partial charge on any atom is -0.237 e. The summed E-state index contributed by atoms with van der Waals surface area (Å²) in [5.41, 5.74) is 0. The number of aryl methyl sites for hydroxylation is 2. The van der Waals surface area contributed by atoms with Gasteiger partial charge in [0.15, 0.2) is 0 Å². The van der Waals surface area contributed by atoms with Crippen molar-refractivity contribution in [3.63, 3.8) is 0 Å². The molecule has 1 heterocycles. The maximum atomic E-state index is 3.49. The molecule has 0 unspecified atom stereocenters. The van der Waals surface area contributed by atoms with E-state index in [1.807, 2.05) is 0 Å². The molecule has 1 aromatic heterocycles. The van der Waals surface area contributed by atoms with Gasteiger partial charge in [0.2, 0.25) is 6.33 Å². The predicted molar refractivity (Wildman–Crippen MR) is 90.3 cm³/mol. The number of alkyl halides is 1. The molecule has 3 heteroatoms. The number of aromatic nitrogens is 2. The molecule has 0 aliphatic rings. The van der Waals surface area contributed by atoms with E-state index in [1.54, 1.807) is 0 Å². The lowest BCUT2D eigenvalue weighted by molar-refractivity contribution is -0.696. The van der Waals surface area contributed by atoms with E-state index in [9.17, 15) is 0 Å². The largest absolute Gasteiger partial charge is 0.243 e. The van der Waals surface area contributed by atoms with E-state index >= 15 is 0 Å². The van der Waals surface area contributed by atoms with Gasteiger partial charge < -0.3 is 0 Å². The van der Waals surface area contributed by atoms with Gasteiger partial charge in [0.1, 0.15) is 12.4 Å². The van der Waals surface area contributed by atoms with Crippen LogP contribution in [0.3, 0.4) is 0 Å². The minimum atomic E-state index is 1.16. The Bertz CT molecular complexity index is 323. The molecule has 0 aromatic carbocycles. The Morgan fingerprint density at radius 2 is 1.55 bits per heavy atom. The minimum absolute atomic E-state index is 1.16. The van der Waals surface area contributed by atoms with Gasteiger partial charge in [-0.05, 0) is 25.7 Å². The lowest BCUT2D eigenvalue weighted by Crippen LogP contribution is -2.30. The average molecular weight is 344 g/mol.